The van der Waals surface area contributed by atoms with Crippen LogP contribution in [0.2, 0.25) is 0 Å². The van der Waals surface area contributed by atoms with Gasteiger partial charge in [0.2, 0.25) is 0 Å². The Hall–Kier alpha value is -4.99. The van der Waals surface area contributed by atoms with E-state index in [0.717, 1.165) is 48.5 Å². The molecule has 0 aromatic heterocycles. The molecule has 1 aliphatic heterocycles. The molecular formula is C32H33F6N5O5. The smallest absolute Gasteiger partial charge is 0.416 e. The topological polar surface area (TPSA) is 123 Å². The fraction of sp³-hybridized carbons (Fsp3) is 0.344. The predicted octanol–water partition coefficient (Wildman–Crippen LogP) is 6.75. The summed E-state index contributed by atoms with van der Waals surface area (Å²) in [5.41, 5.74) is -1.51. The maximum Gasteiger partial charge on any atom is 0.416 e. The number of alkyl halides is 6. The number of aliphatic hydroxyl groups is 1. The molecule has 0 saturated heterocycles. The Morgan fingerprint density at radius 3 is 1.98 bits per heavy atom. The third-order valence-corrected chi connectivity index (χ3v) is 7.67. The molecule has 0 fully saturated rings. The van der Waals surface area contributed by atoms with Crippen LogP contribution in [0, 0.1) is 5.92 Å². The zero-order valence-corrected chi connectivity index (χ0v) is 25.9. The highest BCUT2D eigenvalue weighted by Gasteiger charge is 2.36. The van der Waals surface area contributed by atoms with Gasteiger partial charge < -0.3 is 35.6 Å². The van der Waals surface area contributed by atoms with Crippen molar-refractivity contribution in [1.82, 2.24) is 9.80 Å². The van der Waals surface area contributed by atoms with Crippen molar-refractivity contribution >= 4 is 35.0 Å². The summed E-state index contributed by atoms with van der Waals surface area (Å²) in [7, 11) is 1.44. The van der Waals surface area contributed by atoms with Crippen LogP contribution in [-0.4, -0.2) is 71.8 Å². The molecule has 1 aliphatic rings. The van der Waals surface area contributed by atoms with Gasteiger partial charge in [0, 0.05) is 30.9 Å². The second-order valence-electron chi connectivity index (χ2n) is 11.3. The summed E-state index contributed by atoms with van der Waals surface area (Å²) < 4.78 is 83.9. The molecule has 3 aromatic carbocycles. The van der Waals surface area contributed by atoms with Crippen molar-refractivity contribution in [2.45, 2.75) is 38.3 Å². The van der Waals surface area contributed by atoms with E-state index >= 15 is 0 Å². The number of aliphatic hydroxyl groups excluding tert-OH is 1. The van der Waals surface area contributed by atoms with E-state index in [1.54, 1.807) is 13.8 Å². The lowest BCUT2D eigenvalue weighted by Crippen LogP contribution is -2.50. The van der Waals surface area contributed by atoms with Gasteiger partial charge in [0.1, 0.15) is 6.10 Å². The molecule has 4 rings (SSSR count). The summed E-state index contributed by atoms with van der Waals surface area (Å²) in [6.45, 7) is 3.09. The van der Waals surface area contributed by atoms with Crippen LogP contribution < -0.4 is 20.7 Å². The van der Waals surface area contributed by atoms with Gasteiger partial charge in [-0.3, -0.25) is 4.79 Å². The molecular weight excluding hydrogens is 648 g/mol. The van der Waals surface area contributed by atoms with Gasteiger partial charge in [-0.05, 0) is 67.6 Å². The van der Waals surface area contributed by atoms with Crippen LogP contribution in [-0.2, 0) is 12.4 Å². The molecule has 5 amide bonds. The summed E-state index contributed by atoms with van der Waals surface area (Å²) in [6, 6.07) is 9.95. The third kappa shape index (κ3) is 8.67. The van der Waals surface area contributed by atoms with E-state index in [0.29, 0.717) is 0 Å². The fourth-order valence-corrected chi connectivity index (χ4v) is 4.90. The Labute approximate surface area is 271 Å². The molecule has 10 nitrogen and oxygen atoms in total. The number of hydrogen-bond acceptors (Lipinski definition) is 5. The number of carbonyl (C=O) groups is 3. The molecule has 0 bridgehead atoms. The highest BCUT2D eigenvalue weighted by atomic mass is 19.4. The van der Waals surface area contributed by atoms with Crippen LogP contribution in [0.1, 0.15) is 35.3 Å². The normalized spacial score (nSPS) is 17.3. The first kappa shape index (κ1) is 35.9. The van der Waals surface area contributed by atoms with E-state index in [1.165, 1.54) is 35.0 Å². The van der Waals surface area contributed by atoms with Crippen LogP contribution in [0.5, 0.6) is 5.75 Å². The van der Waals surface area contributed by atoms with Crippen LogP contribution >= 0.6 is 0 Å². The van der Waals surface area contributed by atoms with E-state index in [-0.39, 0.29) is 48.1 Å². The van der Waals surface area contributed by atoms with Gasteiger partial charge in [0.15, 0.2) is 5.75 Å². The first-order chi connectivity index (χ1) is 22.5. The Morgan fingerprint density at radius 1 is 0.917 bits per heavy atom. The van der Waals surface area contributed by atoms with Crippen molar-refractivity contribution in [3.8, 4) is 5.75 Å². The van der Waals surface area contributed by atoms with Crippen LogP contribution in [0.3, 0.4) is 0 Å². The number of nitrogens with one attached hydrogen (secondary N) is 3. The molecule has 0 radical (unpaired) electrons. The molecule has 16 heteroatoms. The largest absolute Gasteiger partial charge is 0.485 e. The lowest BCUT2D eigenvalue weighted by Gasteiger charge is -2.38. The van der Waals surface area contributed by atoms with E-state index in [2.05, 4.69) is 16.0 Å². The Morgan fingerprint density at radius 2 is 1.46 bits per heavy atom. The predicted molar refractivity (Wildman–Crippen MR) is 165 cm³/mol. The number of rotatable bonds is 7. The molecule has 0 aliphatic carbocycles. The number of amides is 5. The second-order valence-corrected chi connectivity index (χ2v) is 11.3. The fourth-order valence-electron chi connectivity index (χ4n) is 4.90. The van der Waals surface area contributed by atoms with Crippen molar-refractivity contribution in [2.75, 3.05) is 42.7 Å². The van der Waals surface area contributed by atoms with E-state index in [4.69, 9.17) is 4.74 Å². The number of likely N-dealkylation sites (N-methyl/N-ethyl adjacent to an activating group) is 1. The number of anilines is 3. The molecule has 3 atom stereocenters. The van der Waals surface area contributed by atoms with Gasteiger partial charge in [-0.15, -0.1) is 0 Å². The monoisotopic (exact) mass is 681 g/mol. The van der Waals surface area contributed by atoms with Crippen LogP contribution in [0.4, 0.5) is 53.0 Å². The molecule has 258 valence electrons. The van der Waals surface area contributed by atoms with Gasteiger partial charge in [-0.1, -0.05) is 13.0 Å². The quantitative estimate of drug-likeness (QED) is 0.206. The summed E-state index contributed by atoms with van der Waals surface area (Å²) in [5.74, 6) is -1.00. The van der Waals surface area contributed by atoms with Gasteiger partial charge in [-0.25, -0.2) is 9.59 Å². The summed E-state index contributed by atoms with van der Waals surface area (Å²) >= 11 is 0. The number of carbonyl (C=O) groups excluding carboxylic acids is 3. The number of fused-ring (bicyclic) bond motifs is 1. The SMILES string of the molecule is C[C@@H]1CN([C@@H](C)CO)C(=O)c2cccc(NC(=O)Nc3ccc(C(F)(F)F)cc3)c2O[C@@H]1CN(C)C(=O)Nc1ccc(C(F)(F)F)cc1. The van der Waals surface area contributed by atoms with Crippen LogP contribution in [0.25, 0.3) is 0 Å². The number of ether oxygens (including phenoxy) is 1. The van der Waals surface area contributed by atoms with E-state index < -0.39 is 59.5 Å². The number of benzene rings is 3. The summed E-state index contributed by atoms with van der Waals surface area (Å²) in [5, 5.41) is 17.4. The number of para-hydroxylation sites is 1. The maximum atomic E-state index is 13.7. The maximum absolute atomic E-state index is 13.7. The molecule has 48 heavy (non-hydrogen) atoms. The third-order valence-electron chi connectivity index (χ3n) is 7.67. The average molecular weight is 682 g/mol. The van der Waals surface area contributed by atoms with Gasteiger partial charge in [0.25, 0.3) is 5.91 Å². The molecule has 3 aromatic rings. The van der Waals surface area contributed by atoms with Crippen LogP contribution in [0.15, 0.2) is 66.7 Å². The van der Waals surface area contributed by atoms with Crippen molar-refractivity contribution in [3.05, 3.63) is 83.4 Å². The number of nitrogens with zero attached hydrogens (tertiary/aromatic N) is 2. The van der Waals surface area contributed by atoms with Crippen molar-refractivity contribution < 1.29 is 50.6 Å². The number of urea groups is 2. The minimum Gasteiger partial charge on any atom is -0.485 e. The number of hydrogen-bond donors (Lipinski definition) is 4. The second kappa shape index (κ2) is 14.4. The Bertz CT molecular complexity index is 1620. The van der Waals surface area contributed by atoms with E-state index in [1.807, 2.05) is 0 Å². The zero-order valence-electron chi connectivity index (χ0n) is 25.9. The lowest BCUT2D eigenvalue weighted by atomic mass is 9.99. The number of halogens is 6. The lowest BCUT2D eigenvalue weighted by molar-refractivity contribution is -0.138. The molecule has 4 N–H and O–H groups in total. The minimum absolute atomic E-state index is 0.0383. The molecule has 1 heterocycles. The minimum atomic E-state index is -4.56. The Balaban J connectivity index is 1.57. The van der Waals surface area contributed by atoms with Crippen molar-refractivity contribution in [2.24, 2.45) is 5.92 Å². The first-order valence-electron chi connectivity index (χ1n) is 14.6. The van der Waals surface area contributed by atoms with Crippen molar-refractivity contribution in [1.29, 1.82) is 0 Å². The molecule has 0 spiro atoms. The standard InChI is InChI=1S/C32H33F6N5O5/c1-18-15-43(19(2)17-44)28(45)24-5-4-6-25(41-29(46)39-22-11-7-20(8-12-22)31(33,34)35)27(24)48-26(18)16-42(3)30(47)40-23-13-9-21(10-14-23)32(36,37)38/h4-14,18-19,26,44H,15-17H2,1-3H3,(H,40,47)(H2,39,41,46)/t18-,19+,26-/m1/s1. The summed E-state index contributed by atoms with van der Waals surface area (Å²) in [6.07, 6.45) is -9.91. The molecule has 0 saturated carbocycles. The highest BCUT2D eigenvalue weighted by Crippen LogP contribution is 2.36. The van der Waals surface area contributed by atoms with Gasteiger partial charge >= 0.3 is 24.4 Å². The van der Waals surface area contributed by atoms with Gasteiger partial charge in [-0.2, -0.15) is 26.3 Å². The van der Waals surface area contributed by atoms with Crippen molar-refractivity contribution in [3.63, 3.8) is 0 Å². The van der Waals surface area contributed by atoms with Gasteiger partial charge in [0.05, 0.1) is 41.6 Å². The molecule has 0 unspecified atom stereocenters. The summed E-state index contributed by atoms with van der Waals surface area (Å²) in [4.78, 5) is 42.3. The zero-order chi connectivity index (χ0) is 35.4. The highest BCUT2D eigenvalue weighted by molar-refractivity contribution is 6.04. The first-order valence-corrected chi connectivity index (χ1v) is 14.6. The van der Waals surface area contributed by atoms with E-state index in [9.17, 15) is 45.8 Å². The Kier molecular flexibility index (Phi) is 10.8. The average Bonchev–Trinajstić information content (AvgIpc) is 3.02.